The molecule has 0 radical (unpaired) electrons. The molecule has 0 aliphatic heterocycles. The monoisotopic (exact) mass is 280 g/mol. The van der Waals surface area contributed by atoms with Gasteiger partial charge in [-0.25, -0.2) is 4.39 Å². The molecule has 1 aromatic rings. The highest BCUT2D eigenvalue weighted by atomic mass is 19.1. The third kappa shape index (κ3) is 4.20. The first-order valence-electron chi connectivity index (χ1n) is 7.50. The summed E-state index contributed by atoms with van der Waals surface area (Å²) >= 11 is 0. The van der Waals surface area contributed by atoms with E-state index in [1.807, 2.05) is 12.1 Å². The van der Waals surface area contributed by atoms with Crippen LogP contribution in [-0.4, -0.2) is 19.1 Å². The second-order valence-corrected chi connectivity index (χ2v) is 6.66. The van der Waals surface area contributed by atoms with Crippen LogP contribution in [0.1, 0.15) is 40.5 Å². The van der Waals surface area contributed by atoms with E-state index in [1.165, 1.54) is 12.1 Å². The Morgan fingerprint density at radius 1 is 1.05 bits per heavy atom. The molecule has 2 nitrogen and oxygen atoms in total. The van der Waals surface area contributed by atoms with E-state index in [4.69, 9.17) is 5.73 Å². The van der Waals surface area contributed by atoms with E-state index < -0.39 is 0 Å². The van der Waals surface area contributed by atoms with Crippen LogP contribution in [0.25, 0.3) is 0 Å². The molecule has 0 unspecified atom stereocenters. The maximum Gasteiger partial charge on any atom is 0.123 e. The maximum absolute atomic E-state index is 13.1. The van der Waals surface area contributed by atoms with Crippen molar-refractivity contribution in [3.8, 4) is 0 Å². The SMILES string of the molecule is CC(C)CC(CN)(CC(C)C)N(C)c1ccc(F)cc1. The van der Waals surface area contributed by atoms with Gasteiger partial charge in [-0.05, 0) is 48.9 Å². The summed E-state index contributed by atoms with van der Waals surface area (Å²) in [6.07, 6.45) is 2.07. The average Bonchev–Trinajstić information content (AvgIpc) is 2.36. The molecular weight excluding hydrogens is 251 g/mol. The molecular formula is C17H29FN2. The summed E-state index contributed by atoms with van der Waals surface area (Å²) < 4.78 is 13.1. The van der Waals surface area contributed by atoms with Crippen molar-refractivity contribution in [2.45, 2.75) is 46.1 Å². The van der Waals surface area contributed by atoms with Crippen molar-refractivity contribution in [3.05, 3.63) is 30.1 Å². The minimum Gasteiger partial charge on any atom is -0.368 e. The van der Waals surface area contributed by atoms with Gasteiger partial charge in [0.1, 0.15) is 5.82 Å². The number of hydrogen-bond acceptors (Lipinski definition) is 2. The quantitative estimate of drug-likeness (QED) is 0.816. The zero-order valence-corrected chi connectivity index (χ0v) is 13.5. The molecule has 0 atom stereocenters. The van der Waals surface area contributed by atoms with E-state index >= 15 is 0 Å². The topological polar surface area (TPSA) is 29.3 Å². The molecule has 3 heteroatoms. The molecule has 2 N–H and O–H groups in total. The summed E-state index contributed by atoms with van der Waals surface area (Å²) in [5, 5.41) is 0. The largest absolute Gasteiger partial charge is 0.368 e. The number of hydrogen-bond donors (Lipinski definition) is 1. The predicted octanol–water partition coefficient (Wildman–Crippen LogP) is 4.05. The lowest BCUT2D eigenvalue weighted by Crippen LogP contribution is -2.54. The Balaban J connectivity index is 3.09. The van der Waals surface area contributed by atoms with Crippen molar-refractivity contribution in [2.24, 2.45) is 17.6 Å². The maximum atomic E-state index is 13.1. The third-order valence-electron chi connectivity index (χ3n) is 3.88. The highest BCUT2D eigenvalue weighted by Crippen LogP contribution is 2.33. The van der Waals surface area contributed by atoms with E-state index in [-0.39, 0.29) is 11.4 Å². The number of nitrogens with zero attached hydrogens (tertiary/aromatic N) is 1. The smallest absolute Gasteiger partial charge is 0.123 e. The fourth-order valence-electron chi connectivity index (χ4n) is 3.12. The third-order valence-corrected chi connectivity index (χ3v) is 3.88. The van der Waals surface area contributed by atoms with Gasteiger partial charge in [-0.15, -0.1) is 0 Å². The van der Waals surface area contributed by atoms with Gasteiger partial charge in [-0.2, -0.15) is 0 Å². The summed E-state index contributed by atoms with van der Waals surface area (Å²) in [6, 6.07) is 6.69. The summed E-state index contributed by atoms with van der Waals surface area (Å²) in [6.45, 7) is 9.51. The summed E-state index contributed by atoms with van der Waals surface area (Å²) in [5.41, 5.74) is 7.11. The Bertz CT molecular complexity index is 388. The van der Waals surface area contributed by atoms with Gasteiger partial charge in [0.15, 0.2) is 0 Å². The molecule has 20 heavy (non-hydrogen) atoms. The summed E-state index contributed by atoms with van der Waals surface area (Å²) in [4.78, 5) is 2.24. The number of nitrogens with two attached hydrogens (primary N) is 1. The summed E-state index contributed by atoms with van der Waals surface area (Å²) in [7, 11) is 2.07. The molecule has 0 saturated heterocycles. The number of rotatable bonds is 7. The molecule has 0 saturated carbocycles. The van der Waals surface area contributed by atoms with E-state index in [0.29, 0.717) is 18.4 Å². The van der Waals surface area contributed by atoms with Crippen molar-refractivity contribution >= 4 is 5.69 Å². The molecule has 0 heterocycles. The fraction of sp³-hybridized carbons (Fsp3) is 0.647. The van der Waals surface area contributed by atoms with Crippen LogP contribution in [0.3, 0.4) is 0 Å². The normalized spacial score (nSPS) is 12.2. The molecule has 1 rings (SSSR count). The van der Waals surface area contributed by atoms with E-state index in [9.17, 15) is 4.39 Å². The Kier molecular flexibility index (Phi) is 6.00. The van der Waals surface area contributed by atoms with Crippen LogP contribution in [0.5, 0.6) is 0 Å². The van der Waals surface area contributed by atoms with Crippen LogP contribution in [-0.2, 0) is 0 Å². The van der Waals surface area contributed by atoms with Crippen LogP contribution >= 0.6 is 0 Å². The van der Waals surface area contributed by atoms with Gasteiger partial charge in [0, 0.05) is 19.3 Å². The van der Waals surface area contributed by atoms with Crippen molar-refractivity contribution < 1.29 is 4.39 Å². The highest BCUT2D eigenvalue weighted by Gasteiger charge is 2.34. The molecule has 0 bridgehead atoms. The van der Waals surface area contributed by atoms with E-state index in [1.54, 1.807) is 0 Å². The lowest BCUT2D eigenvalue weighted by Gasteiger charge is -2.45. The van der Waals surface area contributed by atoms with Gasteiger partial charge < -0.3 is 10.6 Å². The highest BCUT2D eigenvalue weighted by molar-refractivity contribution is 5.48. The molecule has 114 valence electrons. The molecule has 0 fully saturated rings. The molecule has 0 aliphatic carbocycles. The number of halogens is 1. The Morgan fingerprint density at radius 3 is 1.85 bits per heavy atom. The van der Waals surface area contributed by atoms with Crippen LogP contribution in [0.4, 0.5) is 10.1 Å². The second-order valence-electron chi connectivity index (χ2n) is 6.66. The minimum absolute atomic E-state index is 0.0693. The first kappa shape index (κ1) is 17.0. The van der Waals surface area contributed by atoms with Crippen LogP contribution in [0, 0.1) is 17.7 Å². The molecule has 0 aromatic heterocycles. The van der Waals surface area contributed by atoms with Crippen molar-refractivity contribution in [3.63, 3.8) is 0 Å². The number of benzene rings is 1. The molecule has 1 aromatic carbocycles. The fourth-order valence-corrected chi connectivity index (χ4v) is 3.12. The van der Waals surface area contributed by atoms with Gasteiger partial charge in [-0.1, -0.05) is 27.7 Å². The van der Waals surface area contributed by atoms with Crippen molar-refractivity contribution in [1.29, 1.82) is 0 Å². The average molecular weight is 280 g/mol. The lowest BCUT2D eigenvalue weighted by molar-refractivity contribution is 0.280. The number of anilines is 1. The first-order valence-corrected chi connectivity index (χ1v) is 7.50. The van der Waals surface area contributed by atoms with Gasteiger partial charge in [-0.3, -0.25) is 0 Å². The predicted molar refractivity (Wildman–Crippen MR) is 85.5 cm³/mol. The minimum atomic E-state index is -0.201. The Morgan fingerprint density at radius 2 is 1.50 bits per heavy atom. The first-order chi connectivity index (χ1) is 9.30. The van der Waals surface area contributed by atoms with Crippen LogP contribution in [0.2, 0.25) is 0 Å². The van der Waals surface area contributed by atoms with E-state index in [2.05, 4.69) is 39.6 Å². The van der Waals surface area contributed by atoms with Gasteiger partial charge in [0.25, 0.3) is 0 Å². The standard InChI is InChI=1S/C17H29FN2/c1-13(2)10-17(12-19,11-14(3)4)20(5)16-8-6-15(18)7-9-16/h6-9,13-14H,10-12,19H2,1-5H3. The van der Waals surface area contributed by atoms with Crippen LogP contribution < -0.4 is 10.6 Å². The summed E-state index contributed by atoms with van der Waals surface area (Å²) in [5.74, 6) is 0.939. The molecule has 0 aliphatic rings. The Hall–Kier alpha value is -1.09. The number of likely N-dealkylation sites (N-methyl/N-ethyl adjacent to an activating group) is 1. The second kappa shape index (κ2) is 7.07. The van der Waals surface area contributed by atoms with Gasteiger partial charge >= 0.3 is 0 Å². The van der Waals surface area contributed by atoms with Gasteiger partial charge in [0.2, 0.25) is 0 Å². The van der Waals surface area contributed by atoms with Crippen LogP contribution in [0.15, 0.2) is 24.3 Å². The lowest BCUT2D eigenvalue weighted by atomic mass is 9.80. The molecule has 0 spiro atoms. The zero-order valence-electron chi connectivity index (χ0n) is 13.5. The zero-order chi connectivity index (χ0) is 15.3. The van der Waals surface area contributed by atoms with Gasteiger partial charge in [0.05, 0.1) is 5.54 Å². The Labute approximate surface area is 123 Å². The van der Waals surface area contributed by atoms with E-state index in [0.717, 1.165) is 18.5 Å². The molecule has 0 amide bonds. The van der Waals surface area contributed by atoms with Crippen molar-refractivity contribution in [1.82, 2.24) is 0 Å². The van der Waals surface area contributed by atoms with Crippen molar-refractivity contribution in [2.75, 3.05) is 18.5 Å².